The molecule has 0 unspecified atom stereocenters. The van der Waals surface area contributed by atoms with E-state index in [9.17, 15) is 14.7 Å². The van der Waals surface area contributed by atoms with Crippen molar-refractivity contribution in [3.05, 3.63) is 189 Å². The first kappa shape index (κ1) is 47.7. The molecule has 12 nitrogen and oxygen atoms in total. The number of nitrogens with zero attached hydrogens (tertiary/aromatic N) is 5. The number of carbonyl (C=O) groups is 2. The van der Waals surface area contributed by atoms with E-state index in [-0.39, 0.29) is 23.3 Å². The third kappa shape index (κ3) is 9.88. The van der Waals surface area contributed by atoms with Crippen LogP contribution in [0.2, 0.25) is 0 Å². The van der Waals surface area contributed by atoms with Crippen LogP contribution < -0.4 is 14.2 Å². The van der Waals surface area contributed by atoms with Gasteiger partial charge in [0.2, 0.25) is 0 Å². The Morgan fingerprint density at radius 2 is 1.18 bits per heavy atom. The Hall–Kier alpha value is -7.94. The van der Waals surface area contributed by atoms with Crippen molar-refractivity contribution in [3.63, 3.8) is 0 Å². The molecule has 1 fully saturated rings. The Kier molecular flexibility index (Phi) is 14.0. The van der Waals surface area contributed by atoms with Gasteiger partial charge in [0.05, 0.1) is 33.1 Å². The molecule has 0 spiro atoms. The van der Waals surface area contributed by atoms with Gasteiger partial charge in [-0.1, -0.05) is 110 Å². The van der Waals surface area contributed by atoms with Crippen molar-refractivity contribution in [3.8, 4) is 23.0 Å². The largest absolute Gasteiger partial charge is 0.505 e. The molecule has 1 N–H and O–H groups in total. The van der Waals surface area contributed by atoms with Crippen LogP contribution in [0.3, 0.4) is 0 Å². The van der Waals surface area contributed by atoms with E-state index in [1.54, 1.807) is 28.1 Å². The third-order valence-electron chi connectivity index (χ3n) is 13.0. The first-order valence-electron chi connectivity index (χ1n) is 23.7. The molecular formula is C58H51N5O7S2. The van der Waals surface area contributed by atoms with Crippen LogP contribution in [0.5, 0.6) is 23.0 Å². The number of benzene rings is 6. The highest BCUT2D eigenvalue weighted by Gasteiger charge is 2.29. The lowest BCUT2D eigenvalue weighted by molar-refractivity contribution is 0.0594. The molecule has 11 rings (SSSR count). The molecule has 0 saturated heterocycles. The molecule has 0 radical (unpaired) electrons. The minimum absolute atomic E-state index is 0.0935. The average molecular weight is 994 g/mol. The number of rotatable bonds is 13. The van der Waals surface area contributed by atoms with Crippen molar-refractivity contribution >= 4 is 77.1 Å². The molecule has 1 aliphatic rings. The first-order chi connectivity index (χ1) is 35.1. The van der Waals surface area contributed by atoms with Crippen molar-refractivity contribution < 1.29 is 33.6 Å². The van der Waals surface area contributed by atoms with Crippen molar-refractivity contribution in [2.75, 3.05) is 14.2 Å². The second-order valence-corrected chi connectivity index (χ2v) is 19.5. The summed E-state index contributed by atoms with van der Waals surface area (Å²) in [6.45, 7) is 4.67. The quantitative estimate of drug-likeness (QED) is 0.110. The van der Waals surface area contributed by atoms with Crippen LogP contribution in [0.1, 0.15) is 85.9 Å². The number of thiazole rings is 2. The van der Waals surface area contributed by atoms with E-state index in [1.807, 2.05) is 142 Å². The van der Waals surface area contributed by atoms with Crippen LogP contribution in [0.15, 0.2) is 144 Å². The molecule has 0 bridgehead atoms. The molecule has 1 saturated carbocycles. The topological polar surface area (TPSA) is 146 Å². The Labute approximate surface area is 424 Å². The number of hydrogen-bond acceptors (Lipinski definition) is 13. The standard InChI is InChI=1S/C33H26N2O4S.C25H25N3O3S/c1-21-10-9-15-24(18-21)38-19-27-25-16-17-26(33(36)37-2)30(28(25)35-32-31(27)40-20-34-32)39-29(22-11-5-3-6-12-22)23-13-7-4-8-14-23;1-15-6-5-9-17(12-15)31-13-20-18-10-11-19(25(30)28(2)16-7-3-4-8-16)22(29)21(18)27-24-23(20)32-14-26-24/h3-18,20,29H,19H2,1-2H3;5-6,9-12,14,16,29H,3-4,7-8,13H2,1-2H3. The van der Waals surface area contributed by atoms with E-state index in [0.29, 0.717) is 46.9 Å². The second-order valence-electron chi connectivity index (χ2n) is 17.8. The Morgan fingerprint density at radius 1 is 0.667 bits per heavy atom. The summed E-state index contributed by atoms with van der Waals surface area (Å²) < 4.78 is 26.1. The summed E-state index contributed by atoms with van der Waals surface area (Å²) in [5.74, 6) is 1.13. The number of methoxy groups -OCH3 is 1. The number of phenols is 1. The fraction of sp³-hybridized carbons (Fsp3) is 0.207. The maximum absolute atomic E-state index is 13.1. The van der Waals surface area contributed by atoms with Crippen LogP contribution >= 0.6 is 22.7 Å². The molecule has 1 amide bonds. The molecule has 1 aliphatic carbocycles. The Bertz CT molecular complexity index is 3540. The molecule has 14 heteroatoms. The molecule has 0 aliphatic heterocycles. The van der Waals surface area contributed by atoms with Gasteiger partial charge >= 0.3 is 5.97 Å². The number of pyridine rings is 2. The van der Waals surface area contributed by atoms with Gasteiger partial charge in [0.25, 0.3) is 5.91 Å². The number of fused-ring (bicyclic) bond motifs is 4. The number of aryl methyl sites for hydroxylation is 2. The molecule has 0 atom stereocenters. The normalized spacial score (nSPS) is 12.6. The van der Waals surface area contributed by atoms with E-state index in [1.165, 1.54) is 29.8 Å². The minimum atomic E-state index is -0.505. The van der Waals surface area contributed by atoms with Crippen LogP contribution in [0, 0.1) is 13.8 Å². The predicted octanol–water partition coefficient (Wildman–Crippen LogP) is 13.1. The third-order valence-corrected chi connectivity index (χ3v) is 14.8. The number of aromatic nitrogens is 4. The van der Waals surface area contributed by atoms with Crippen molar-refractivity contribution in [1.82, 2.24) is 24.8 Å². The number of hydrogen-bond donors (Lipinski definition) is 1. The Balaban J connectivity index is 0.000000170. The molecule has 4 heterocycles. The minimum Gasteiger partial charge on any atom is -0.505 e. The molecule has 4 aromatic heterocycles. The van der Waals surface area contributed by atoms with E-state index in [2.05, 4.69) is 15.0 Å². The number of carbonyl (C=O) groups excluding carboxylic acids is 2. The van der Waals surface area contributed by atoms with Gasteiger partial charge in [-0.2, -0.15) is 0 Å². The average Bonchev–Trinajstić information content (AvgIpc) is 4.23. The lowest BCUT2D eigenvalue weighted by Crippen LogP contribution is -2.35. The van der Waals surface area contributed by atoms with Gasteiger partial charge in [-0.25, -0.2) is 24.7 Å². The summed E-state index contributed by atoms with van der Waals surface area (Å²) in [6, 6.07) is 43.1. The summed E-state index contributed by atoms with van der Waals surface area (Å²) in [5.41, 5.74) is 12.1. The molecular weight excluding hydrogens is 943 g/mol. The molecule has 6 aromatic carbocycles. The number of phenolic OH excluding ortho intramolecular Hbond substituents is 1. The van der Waals surface area contributed by atoms with Crippen molar-refractivity contribution in [1.29, 1.82) is 0 Å². The van der Waals surface area contributed by atoms with E-state index in [4.69, 9.17) is 23.9 Å². The highest BCUT2D eigenvalue weighted by Crippen LogP contribution is 2.41. The maximum atomic E-state index is 13.1. The van der Waals surface area contributed by atoms with E-state index in [0.717, 1.165) is 90.7 Å². The molecule has 362 valence electrons. The lowest BCUT2D eigenvalue weighted by atomic mass is 10.0. The van der Waals surface area contributed by atoms with Crippen LogP contribution in [-0.4, -0.2) is 62.0 Å². The van der Waals surface area contributed by atoms with Gasteiger partial charge < -0.3 is 29.0 Å². The van der Waals surface area contributed by atoms with Gasteiger partial charge in [0, 0.05) is 35.0 Å². The number of esters is 1. The lowest BCUT2D eigenvalue weighted by Gasteiger charge is -2.25. The van der Waals surface area contributed by atoms with Crippen molar-refractivity contribution in [2.45, 2.75) is 64.9 Å². The van der Waals surface area contributed by atoms with Gasteiger partial charge in [0.15, 0.2) is 22.8 Å². The summed E-state index contributed by atoms with van der Waals surface area (Å²) in [5, 5.41) is 12.7. The SMILES string of the molecule is COC(=O)c1ccc2c(COc3cccc(C)c3)c3scnc3nc2c1OC(c1ccccc1)c1ccccc1.Cc1cccc(OCc2c3ccc(C(=O)N(C)C4CCCC4)c(O)c3nc3ncsc23)c1. The number of aromatic hydroxyl groups is 1. The summed E-state index contributed by atoms with van der Waals surface area (Å²) in [4.78, 5) is 46.3. The van der Waals surface area contributed by atoms with E-state index >= 15 is 0 Å². The summed E-state index contributed by atoms with van der Waals surface area (Å²) >= 11 is 3.00. The van der Waals surface area contributed by atoms with Crippen LogP contribution in [0.25, 0.3) is 42.5 Å². The second kappa shape index (κ2) is 21.2. The maximum Gasteiger partial charge on any atom is 0.341 e. The zero-order valence-electron chi connectivity index (χ0n) is 40.2. The fourth-order valence-corrected chi connectivity index (χ4v) is 10.8. The first-order valence-corrected chi connectivity index (χ1v) is 25.5. The van der Waals surface area contributed by atoms with Crippen LogP contribution in [-0.2, 0) is 18.0 Å². The molecule has 10 aromatic rings. The van der Waals surface area contributed by atoms with Gasteiger partial charge in [-0.05, 0) is 85.3 Å². The van der Waals surface area contributed by atoms with Gasteiger partial charge in [-0.15, -0.1) is 22.7 Å². The Morgan fingerprint density at radius 3 is 1.71 bits per heavy atom. The van der Waals surface area contributed by atoms with Crippen molar-refractivity contribution in [2.24, 2.45) is 0 Å². The highest BCUT2D eigenvalue weighted by molar-refractivity contribution is 7.17. The fourth-order valence-electron chi connectivity index (χ4n) is 9.29. The smallest absolute Gasteiger partial charge is 0.341 e. The van der Waals surface area contributed by atoms with Crippen LogP contribution in [0.4, 0.5) is 0 Å². The summed E-state index contributed by atoms with van der Waals surface area (Å²) in [6.07, 6.45) is 3.80. The zero-order chi connectivity index (χ0) is 49.7. The number of amides is 1. The zero-order valence-corrected chi connectivity index (χ0v) is 41.8. The summed E-state index contributed by atoms with van der Waals surface area (Å²) in [7, 11) is 3.18. The monoisotopic (exact) mass is 993 g/mol. The van der Waals surface area contributed by atoms with Gasteiger partial charge in [0.1, 0.15) is 47.4 Å². The highest BCUT2D eigenvalue weighted by atomic mass is 32.1. The number of ether oxygens (including phenoxy) is 4. The van der Waals surface area contributed by atoms with E-state index < -0.39 is 12.1 Å². The van der Waals surface area contributed by atoms with Gasteiger partial charge in [-0.3, -0.25) is 4.79 Å². The predicted molar refractivity (Wildman–Crippen MR) is 284 cm³/mol. The molecule has 72 heavy (non-hydrogen) atoms.